The molecule has 3 rings (SSSR count). The maximum absolute atomic E-state index is 11.0. The molecule has 1 N–H and O–H groups in total. The first-order valence-corrected chi connectivity index (χ1v) is 5.27. The minimum absolute atomic E-state index is 0.0381. The highest BCUT2D eigenvalue weighted by atomic mass is 16.6. The first kappa shape index (κ1) is 9.89. The predicted molar refractivity (Wildman–Crippen MR) is 61.8 cm³/mol. The summed E-state index contributed by atoms with van der Waals surface area (Å²) >= 11 is 0. The second kappa shape index (κ2) is 3.35. The molecule has 0 aromatic heterocycles. The summed E-state index contributed by atoms with van der Waals surface area (Å²) in [5.41, 5.74) is 0.893. The van der Waals surface area contributed by atoms with Crippen molar-refractivity contribution < 1.29 is 9.66 Å². The van der Waals surface area contributed by atoms with Gasteiger partial charge in [0.05, 0.1) is 11.2 Å². The fourth-order valence-electron chi connectivity index (χ4n) is 2.24. The Labute approximate surface area is 97.5 Å². The van der Waals surface area contributed by atoms with Gasteiger partial charge in [-0.2, -0.15) is 0 Å². The zero-order valence-electron chi connectivity index (χ0n) is 8.92. The van der Waals surface area contributed by atoms with E-state index in [0.717, 1.165) is 11.3 Å². The molecule has 0 bridgehead atoms. The monoisotopic (exact) mass is 230 g/mol. The summed E-state index contributed by atoms with van der Waals surface area (Å²) < 4.78 is 5.48. The van der Waals surface area contributed by atoms with Gasteiger partial charge in [-0.3, -0.25) is 10.1 Å². The molecule has 2 heterocycles. The Hall–Kier alpha value is -2.30. The van der Waals surface area contributed by atoms with Gasteiger partial charge in [-0.05, 0) is 17.7 Å². The summed E-state index contributed by atoms with van der Waals surface area (Å²) in [6.07, 6.45) is 4.95. The number of rotatable bonds is 1. The highest BCUT2D eigenvalue weighted by Crippen LogP contribution is 2.39. The second-order valence-corrected chi connectivity index (χ2v) is 4.04. The molecule has 0 amide bonds. The fourth-order valence-corrected chi connectivity index (χ4v) is 2.24. The number of nitro groups is 1. The normalized spacial score (nSPS) is 24.8. The first-order valence-electron chi connectivity index (χ1n) is 5.27. The van der Waals surface area contributed by atoms with Gasteiger partial charge in [-0.25, -0.2) is 0 Å². The van der Waals surface area contributed by atoms with E-state index in [9.17, 15) is 10.1 Å². The van der Waals surface area contributed by atoms with Crippen molar-refractivity contribution in [3.63, 3.8) is 0 Å². The Bertz CT molecular complexity index is 523. The molecule has 86 valence electrons. The molecule has 5 heteroatoms. The van der Waals surface area contributed by atoms with Gasteiger partial charge >= 0.3 is 5.70 Å². The van der Waals surface area contributed by atoms with Gasteiger partial charge in [-0.1, -0.05) is 18.2 Å². The average Bonchev–Trinajstić information content (AvgIpc) is 2.67. The summed E-state index contributed by atoms with van der Waals surface area (Å²) in [6.45, 7) is 0. The number of nitrogens with zero attached hydrogens (tertiary/aromatic N) is 1. The van der Waals surface area contributed by atoms with Crippen LogP contribution in [0.4, 0.5) is 5.69 Å². The molecular weight excluding hydrogens is 220 g/mol. The van der Waals surface area contributed by atoms with Crippen LogP contribution in [0.5, 0.6) is 0 Å². The Balaban J connectivity index is 2.03. The first-order chi connectivity index (χ1) is 8.21. The van der Waals surface area contributed by atoms with Crippen LogP contribution < -0.4 is 5.32 Å². The highest BCUT2D eigenvalue weighted by molar-refractivity contribution is 5.60. The molecule has 2 aliphatic heterocycles. The standard InChI is InChI=1S/C12H10N2O3/c15-14(16)11-6-3-7-17-12(11)8-9-4-1-2-5-10(9)13-12/h1-7,13H,8H2. The lowest BCUT2D eigenvalue weighted by atomic mass is 10.0. The molecular formula is C12H10N2O3. The van der Waals surface area contributed by atoms with Gasteiger partial charge in [0.25, 0.3) is 5.72 Å². The van der Waals surface area contributed by atoms with E-state index < -0.39 is 10.6 Å². The summed E-state index contributed by atoms with van der Waals surface area (Å²) in [6, 6.07) is 7.63. The molecule has 1 aromatic rings. The van der Waals surface area contributed by atoms with Crippen LogP contribution in [0.2, 0.25) is 0 Å². The van der Waals surface area contributed by atoms with Crippen LogP contribution in [-0.2, 0) is 11.2 Å². The third-order valence-electron chi connectivity index (χ3n) is 3.01. The molecule has 0 saturated carbocycles. The van der Waals surface area contributed by atoms with Gasteiger partial charge in [0, 0.05) is 18.2 Å². The van der Waals surface area contributed by atoms with Crippen molar-refractivity contribution >= 4 is 5.69 Å². The Kier molecular flexibility index (Phi) is 1.95. The van der Waals surface area contributed by atoms with Crippen molar-refractivity contribution in [2.75, 3.05) is 5.32 Å². The maximum Gasteiger partial charge on any atom is 0.311 e. The van der Waals surface area contributed by atoms with Crippen molar-refractivity contribution in [2.24, 2.45) is 0 Å². The van der Waals surface area contributed by atoms with E-state index in [0.29, 0.717) is 6.42 Å². The van der Waals surface area contributed by atoms with Gasteiger partial charge in [0.1, 0.15) is 0 Å². The third-order valence-corrected chi connectivity index (χ3v) is 3.01. The molecule has 1 spiro atoms. The minimum Gasteiger partial charge on any atom is -0.464 e. The average molecular weight is 230 g/mol. The highest BCUT2D eigenvalue weighted by Gasteiger charge is 2.49. The van der Waals surface area contributed by atoms with Gasteiger partial charge in [0.15, 0.2) is 0 Å². The van der Waals surface area contributed by atoms with E-state index in [2.05, 4.69) is 5.32 Å². The molecule has 0 saturated heterocycles. The van der Waals surface area contributed by atoms with E-state index >= 15 is 0 Å². The number of hydrogen-bond donors (Lipinski definition) is 1. The maximum atomic E-state index is 11.0. The molecule has 0 fully saturated rings. The molecule has 1 atom stereocenters. The van der Waals surface area contributed by atoms with Gasteiger partial charge in [-0.15, -0.1) is 0 Å². The van der Waals surface area contributed by atoms with Crippen molar-refractivity contribution in [3.8, 4) is 0 Å². The lowest BCUT2D eigenvalue weighted by Crippen LogP contribution is -2.43. The van der Waals surface area contributed by atoms with E-state index in [1.165, 1.54) is 18.4 Å². The number of hydrogen-bond acceptors (Lipinski definition) is 4. The predicted octanol–water partition coefficient (Wildman–Crippen LogP) is 2.06. The van der Waals surface area contributed by atoms with Crippen molar-refractivity contribution in [1.82, 2.24) is 0 Å². The molecule has 17 heavy (non-hydrogen) atoms. The van der Waals surface area contributed by atoms with Gasteiger partial charge in [0.2, 0.25) is 0 Å². The van der Waals surface area contributed by atoms with Crippen LogP contribution in [0.3, 0.4) is 0 Å². The van der Waals surface area contributed by atoms with E-state index in [4.69, 9.17) is 4.74 Å². The molecule has 1 aromatic carbocycles. The number of ether oxygens (including phenoxy) is 1. The van der Waals surface area contributed by atoms with Crippen LogP contribution in [0.15, 0.2) is 48.4 Å². The Morgan fingerprint density at radius 2 is 2.24 bits per heavy atom. The summed E-state index contributed by atoms with van der Waals surface area (Å²) in [5.74, 6) is 0. The van der Waals surface area contributed by atoms with Gasteiger partial charge < -0.3 is 10.1 Å². The van der Waals surface area contributed by atoms with E-state index in [-0.39, 0.29) is 5.70 Å². The number of fused-ring (bicyclic) bond motifs is 1. The van der Waals surface area contributed by atoms with Crippen LogP contribution in [0.1, 0.15) is 5.56 Å². The lowest BCUT2D eigenvalue weighted by molar-refractivity contribution is -0.443. The largest absolute Gasteiger partial charge is 0.464 e. The molecule has 0 aliphatic carbocycles. The number of nitrogens with one attached hydrogen (secondary N) is 1. The molecule has 2 aliphatic rings. The zero-order valence-corrected chi connectivity index (χ0v) is 8.92. The zero-order chi connectivity index (χ0) is 11.9. The number of para-hydroxylation sites is 1. The van der Waals surface area contributed by atoms with Crippen LogP contribution in [0, 0.1) is 10.1 Å². The third kappa shape index (κ3) is 1.39. The van der Waals surface area contributed by atoms with E-state index in [1.54, 1.807) is 0 Å². The molecule has 5 nitrogen and oxygen atoms in total. The van der Waals surface area contributed by atoms with Crippen LogP contribution in [-0.4, -0.2) is 10.6 Å². The number of anilines is 1. The SMILES string of the molecule is O=[N+]([O-])C1=CC=COC12Cc1ccccc1N2. The van der Waals surface area contributed by atoms with E-state index in [1.807, 2.05) is 24.3 Å². The summed E-state index contributed by atoms with van der Waals surface area (Å²) in [5, 5.41) is 14.1. The van der Waals surface area contributed by atoms with Crippen molar-refractivity contribution in [1.29, 1.82) is 0 Å². The number of allylic oxidation sites excluding steroid dienone is 2. The Morgan fingerprint density at radius 3 is 3.00 bits per heavy atom. The fraction of sp³-hybridized carbons (Fsp3) is 0.167. The molecule has 0 radical (unpaired) electrons. The second-order valence-electron chi connectivity index (χ2n) is 4.04. The topological polar surface area (TPSA) is 64.4 Å². The smallest absolute Gasteiger partial charge is 0.311 e. The van der Waals surface area contributed by atoms with Crippen molar-refractivity contribution in [2.45, 2.75) is 12.1 Å². The summed E-state index contributed by atoms with van der Waals surface area (Å²) in [4.78, 5) is 10.6. The lowest BCUT2D eigenvalue weighted by Gasteiger charge is -2.27. The molecule has 1 unspecified atom stereocenters. The summed E-state index contributed by atoms with van der Waals surface area (Å²) in [7, 11) is 0. The minimum atomic E-state index is -1.05. The van der Waals surface area contributed by atoms with Crippen LogP contribution in [0.25, 0.3) is 0 Å². The number of benzene rings is 1. The quantitative estimate of drug-likeness (QED) is 0.592. The van der Waals surface area contributed by atoms with Crippen LogP contribution >= 0.6 is 0 Å². The Morgan fingerprint density at radius 1 is 1.41 bits per heavy atom. The van der Waals surface area contributed by atoms with Crippen molar-refractivity contribution in [3.05, 3.63) is 64.1 Å².